The summed E-state index contributed by atoms with van der Waals surface area (Å²) in [6, 6.07) is 0. The molecule has 2 atom stereocenters. The van der Waals surface area contributed by atoms with E-state index in [1.54, 1.807) is 0 Å². The molecule has 0 heterocycles. The Balaban J connectivity index is 2.16. The summed E-state index contributed by atoms with van der Waals surface area (Å²) >= 11 is 0. The predicted octanol–water partition coefficient (Wildman–Crippen LogP) is 2.57. The summed E-state index contributed by atoms with van der Waals surface area (Å²) in [4.78, 5) is 0. The predicted molar refractivity (Wildman–Crippen MR) is 70.0 cm³/mol. The minimum atomic E-state index is -0.622. The van der Waals surface area contributed by atoms with Crippen LogP contribution in [0.25, 0.3) is 0 Å². The summed E-state index contributed by atoms with van der Waals surface area (Å²) in [5.74, 6) is 0. The van der Waals surface area contributed by atoms with Gasteiger partial charge in [-0.05, 0) is 38.5 Å². The molecule has 0 amide bonds. The second kappa shape index (κ2) is 8.86. The largest absolute Gasteiger partial charge is 0.368 e. The van der Waals surface area contributed by atoms with E-state index in [1.165, 1.54) is 0 Å². The lowest BCUT2D eigenvalue weighted by molar-refractivity contribution is -0.177. The average molecular weight is 260 g/mol. The Morgan fingerprint density at radius 1 is 0.833 bits per heavy atom. The number of ether oxygens (including phenoxy) is 2. The first-order chi connectivity index (χ1) is 8.65. The van der Waals surface area contributed by atoms with E-state index in [2.05, 4.69) is 0 Å². The molecule has 0 bridgehead atoms. The van der Waals surface area contributed by atoms with Crippen LogP contribution in [0.5, 0.6) is 0 Å². The number of hydrogen-bond acceptors (Lipinski definition) is 4. The fourth-order valence-electron chi connectivity index (χ4n) is 2.38. The topological polar surface area (TPSA) is 58.9 Å². The molecule has 0 aromatic heterocycles. The van der Waals surface area contributed by atoms with Gasteiger partial charge in [-0.25, -0.2) is 0 Å². The van der Waals surface area contributed by atoms with Gasteiger partial charge in [0.2, 0.25) is 0 Å². The highest BCUT2D eigenvalue weighted by atomic mass is 16.6. The molecule has 1 aliphatic rings. The lowest BCUT2D eigenvalue weighted by Crippen LogP contribution is -2.32. The summed E-state index contributed by atoms with van der Waals surface area (Å²) in [5.41, 5.74) is 0. The quantitative estimate of drug-likeness (QED) is 0.659. The zero-order chi connectivity index (χ0) is 13.4. The fourth-order valence-corrected chi connectivity index (χ4v) is 2.38. The molecule has 4 heteroatoms. The van der Waals surface area contributed by atoms with Crippen LogP contribution in [0.3, 0.4) is 0 Å². The van der Waals surface area contributed by atoms with Crippen LogP contribution in [0, 0.1) is 0 Å². The molecule has 0 aromatic carbocycles. The molecule has 0 radical (unpaired) electrons. The summed E-state index contributed by atoms with van der Waals surface area (Å²) in [6.07, 6.45) is 5.95. The first kappa shape index (κ1) is 15.9. The zero-order valence-electron chi connectivity index (χ0n) is 11.7. The maximum Gasteiger partial charge on any atom is 0.154 e. The summed E-state index contributed by atoms with van der Waals surface area (Å²) in [5, 5.41) is 19.2. The lowest BCUT2D eigenvalue weighted by atomic mass is 9.95. The highest BCUT2D eigenvalue weighted by Crippen LogP contribution is 2.25. The van der Waals surface area contributed by atoms with E-state index < -0.39 is 12.6 Å². The van der Waals surface area contributed by atoms with E-state index in [9.17, 15) is 10.2 Å². The van der Waals surface area contributed by atoms with Crippen molar-refractivity contribution in [3.63, 3.8) is 0 Å². The third-order valence-electron chi connectivity index (χ3n) is 3.39. The van der Waals surface area contributed by atoms with Crippen LogP contribution >= 0.6 is 0 Å². The fraction of sp³-hybridized carbons (Fsp3) is 1.00. The van der Waals surface area contributed by atoms with Gasteiger partial charge in [-0.2, -0.15) is 0 Å². The number of rotatable bonds is 8. The third kappa shape index (κ3) is 6.14. The molecule has 1 saturated carbocycles. The first-order valence-electron chi connectivity index (χ1n) is 7.32. The van der Waals surface area contributed by atoms with Gasteiger partial charge < -0.3 is 19.7 Å². The normalized spacial score (nSPS) is 28.0. The van der Waals surface area contributed by atoms with Crippen molar-refractivity contribution < 1.29 is 19.7 Å². The molecule has 0 aromatic rings. The molecule has 18 heavy (non-hydrogen) atoms. The summed E-state index contributed by atoms with van der Waals surface area (Å²) < 4.78 is 11.1. The molecule has 2 unspecified atom stereocenters. The van der Waals surface area contributed by atoms with Crippen LogP contribution in [0.1, 0.15) is 65.2 Å². The average Bonchev–Trinajstić information content (AvgIpc) is 2.32. The van der Waals surface area contributed by atoms with Crippen LogP contribution < -0.4 is 0 Å². The Hall–Kier alpha value is -0.160. The van der Waals surface area contributed by atoms with Crippen LogP contribution in [0.2, 0.25) is 0 Å². The molecular formula is C14H28O4. The molecule has 1 fully saturated rings. The SMILES string of the molecule is CCCC(O)OC1CCC(OC(O)CCC)CC1. The minimum absolute atomic E-state index is 0.148. The highest BCUT2D eigenvalue weighted by Gasteiger charge is 2.25. The monoisotopic (exact) mass is 260 g/mol. The third-order valence-corrected chi connectivity index (χ3v) is 3.39. The molecule has 108 valence electrons. The molecule has 1 rings (SSSR count). The van der Waals surface area contributed by atoms with Crippen LogP contribution in [-0.4, -0.2) is 35.0 Å². The second-order valence-corrected chi connectivity index (χ2v) is 5.16. The highest BCUT2D eigenvalue weighted by molar-refractivity contribution is 4.73. The Kier molecular flexibility index (Phi) is 7.82. The molecular weight excluding hydrogens is 232 g/mol. The summed E-state index contributed by atoms with van der Waals surface area (Å²) in [7, 11) is 0. The molecule has 4 nitrogen and oxygen atoms in total. The smallest absolute Gasteiger partial charge is 0.154 e. The van der Waals surface area contributed by atoms with E-state index in [0.717, 1.165) is 38.5 Å². The van der Waals surface area contributed by atoms with E-state index >= 15 is 0 Å². The van der Waals surface area contributed by atoms with Gasteiger partial charge in [-0.1, -0.05) is 26.7 Å². The van der Waals surface area contributed by atoms with Crippen molar-refractivity contribution in [1.29, 1.82) is 0 Å². The van der Waals surface area contributed by atoms with E-state index in [-0.39, 0.29) is 12.2 Å². The lowest BCUT2D eigenvalue weighted by Gasteiger charge is -2.31. The van der Waals surface area contributed by atoms with Crippen molar-refractivity contribution in [3.05, 3.63) is 0 Å². The van der Waals surface area contributed by atoms with Gasteiger partial charge >= 0.3 is 0 Å². The standard InChI is InChI=1S/C14H28O4/c1-3-5-13(15)17-11-7-9-12(10-8-11)18-14(16)6-4-2/h11-16H,3-10H2,1-2H3. The summed E-state index contributed by atoms with van der Waals surface area (Å²) in [6.45, 7) is 4.07. The van der Waals surface area contributed by atoms with Gasteiger partial charge in [0, 0.05) is 0 Å². The molecule has 0 spiro atoms. The van der Waals surface area contributed by atoms with Crippen molar-refractivity contribution in [2.45, 2.75) is 90.0 Å². The maximum absolute atomic E-state index is 9.59. The maximum atomic E-state index is 9.59. The van der Waals surface area contributed by atoms with E-state index in [1.807, 2.05) is 13.8 Å². The van der Waals surface area contributed by atoms with Crippen molar-refractivity contribution >= 4 is 0 Å². The van der Waals surface area contributed by atoms with Gasteiger partial charge in [0.25, 0.3) is 0 Å². The van der Waals surface area contributed by atoms with Gasteiger partial charge in [0.05, 0.1) is 12.2 Å². The van der Waals surface area contributed by atoms with Crippen LogP contribution in [0.4, 0.5) is 0 Å². The number of aliphatic hydroxyl groups is 2. The van der Waals surface area contributed by atoms with Gasteiger partial charge in [0.1, 0.15) is 0 Å². The molecule has 2 N–H and O–H groups in total. The van der Waals surface area contributed by atoms with Gasteiger partial charge in [0.15, 0.2) is 12.6 Å². The van der Waals surface area contributed by atoms with Gasteiger partial charge in [-0.3, -0.25) is 0 Å². The van der Waals surface area contributed by atoms with E-state index in [4.69, 9.17) is 9.47 Å². The molecule has 0 aliphatic heterocycles. The molecule has 0 saturated heterocycles. The number of aliphatic hydroxyl groups excluding tert-OH is 2. The number of hydrogen-bond donors (Lipinski definition) is 2. The van der Waals surface area contributed by atoms with Crippen LogP contribution in [0.15, 0.2) is 0 Å². The zero-order valence-corrected chi connectivity index (χ0v) is 11.7. The first-order valence-corrected chi connectivity index (χ1v) is 7.32. The van der Waals surface area contributed by atoms with Crippen molar-refractivity contribution in [1.82, 2.24) is 0 Å². The van der Waals surface area contributed by atoms with E-state index in [0.29, 0.717) is 12.8 Å². The Morgan fingerprint density at radius 2 is 1.17 bits per heavy atom. The Bertz CT molecular complexity index is 180. The van der Waals surface area contributed by atoms with Crippen LogP contribution in [-0.2, 0) is 9.47 Å². The van der Waals surface area contributed by atoms with Crippen molar-refractivity contribution in [2.24, 2.45) is 0 Å². The molecule has 1 aliphatic carbocycles. The Morgan fingerprint density at radius 3 is 1.44 bits per heavy atom. The van der Waals surface area contributed by atoms with Crippen molar-refractivity contribution in [3.8, 4) is 0 Å². The minimum Gasteiger partial charge on any atom is -0.368 e. The second-order valence-electron chi connectivity index (χ2n) is 5.16. The van der Waals surface area contributed by atoms with Crippen molar-refractivity contribution in [2.75, 3.05) is 0 Å². The van der Waals surface area contributed by atoms with Gasteiger partial charge in [-0.15, -0.1) is 0 Å². The Labute approximate surface area is 110 Å².